The van der Waals surface area contributed by atoms with Crippen LogP contribution in [0.3, 0.4) is 0 Å². The highest BCUT2D eigenvalue weighted by atomic mass is 79.9. The van der Waals surface area contributed by atoms with Crippen molar-refractivity contribution in [1.29, 1.82) is 0 Å². The summed E-state index contributed by atoms with van der Waals surface area (Å²) in [5.41, 5.74) is 1.19. The molecule has 0 aliphatic heterocycles. The van der Waals surface area contributed by atoms with Gasteiger partial charge in [-0.25, -0.2) is 4.79 Å². The molecular formula is C15H13BrO3S. The first-order chi connectivity index (χ1) is 9.63. The Morgan fingerprint density at radius 3 is 2.65 bits per heavy atom. The number of ether oxygens (including phenoxy) is 1. The standard InChI is InChI=1S/C15H13BrO3S/c1-20-13-8-4-7-12(14(13)15(17)18)19-9-10-5-2-3-6-11(10)16/h2-8H,9H2,1H3,(H,17,18). The smallest absolute Gasteiger partial charge is 0.340 e. The van der Waals surface area contributed by atoms with Gasteiger partial charge in [-0.05, 0) is 24.5 Å². The number of hydrogen-bond acceptors (Lipinski definition) is 3. The summed E-state index contributed by atoms with van der Waals surface area (Å²) < 4.78 is 6.63. The van der Waals surface area contributed by atoms with Crippen LogP contribution in [0.25, 0.3) is 0 Å². The Hall–Kier alpha value is -1.46. The normalized spacial score (nSPS) is 10.3. The molecule has 0 aliphatic rings. The minimum absolute atomic E-state index is 0.215. The molecule has 1 N–H and O–H groups in total. The number of halogens is 1. The van der Waals surface area contributed by atoms with Crippen LogP contribution in [-0.2, 0) is 6.61 Å². The average molecular weight is 353 g/mol. The summed E-state index contributed by atoms with van der Waals surface area (Å²) >= 11 is 4.84. The van der Waals surface area contributed by atoms with E-state index in [9.17, 15) is 9.90 Å². The lowest BCUT2D eigenvalue weighted by Gasteiger charge is -2.12. The third-order valence-electron chi connectivity index (χ3n) is 2.76. The molecule has 2 aromatic rings. The van der Waals surface area contributed by atoms with Crippen LogP contribution in [0.2, 0.25) is 0 Å². The molecule has 20 heavy (non-hydrogen) atoms. The quantitative estimate of drug-likeness (QED) is 0.807. The van der Waals surface area contributed by atoms with Crippen molar-refractivity contribution in [2.24, 2.45) is 0 Å². The van der Waals surface area contributed by atoms with Crippen molar-refractivity contribution in [3.8, 4) is 5.75 Å². The van der Waals surface area contributed by atoms with Crippen LogP contribution >= 0.6 is 27.7 Å². The van der Waals surface area contributed by atoms with Crippen LogP contribution in [-0.4, -0.2) is 17.3 Å². The lowest BCUT2D eigenvalue weighted by Crippen LogP contribution is -2.05. The Bertz CT molecular complexity index is 628. The van der Waals surface area contributed by atoms with Crippen molar-refractivity contribution in [2.75, 3.05) is 6.26 Å². The zero-order valence-corrected chi connectivity index (χ0v) is 13.2. The highest BCUT2D eigenvalue weighted by molar-refractivity contribution is 9.10. The molecule has 2 aromatic carbocycles. The van der Waals surface area contributed by atoms with E-state index in [1.54, 1.807) is 18.2 Å². The maximum absolute atomic E-state index is 11.4. The first-order valence-corrected chi connectivity index (χ1v) is 7.91. The number of carbonyl (C=O) groups is 1. The van der Waals surface area contributed by atoms with Crippen LogP contribution in [0, 0.1) is 0 Å². The van der Waals surface area contributed by atoms with Crippen molar-refractivity contribution in [1.82, 2.24) is 0 Å². The summed E-state index contributed by atoms with van der Waals surface area (Å²) in [5, 5.41) is 9.33. The van der Waals surface area contributed by atoms with Crippen LogP contribution in [0.1, 0.15) is 15.9 Å². The molecule has 0 aliphatic carbocycles. The SMILES string of the molecule is CSc1cccc(OCc2ccccc2Br)c1C(=O)O. The molecule has 0 saturated carbocycles. The zero-order chi connectivity index (χ0) is 14.5. The Morgan fingerprint density at radius 1 is 1.25 bits per heavy atom. The Balaban J connectivity index is 2.26. The number of rotatable bonds is 5. The molecule has 3 nitrogen and oxygen atoms in total. The molecule has 0 amide bonds. The first kappa shape index (κ1) is 14.9. The van der Waals surface area contributed by atoms with Gasteiger partial charge >= 0.3 is 5.97 Å². The molecule has 0 atom stereocenters. The molecule has 104 valence electrons. The van der Waals surface area contributed by atoms with Gasteiger partial charge in [0.05, 0.1) is 0 Å². The van der Waals surface area contributed by atoms with E-state index in [1.807, 2.05) is 30.5 Å². The highest BCUT2D eigenvalue weighted by Gasteiger charge is 2.16. The van der Waals surface area contributed by atoms with E-state index in [-0.39, 0.29) is 5.56 Å². The van der Waals surface area contributed by atoms with E-state index in [4.69, 9.17) is 4.74 Å². The fourth-order valence-electron chi connectivity index (χ4n) is 1.78. The molecule has 0 heterocycles. The fourth-order valence-corrected chi connectivity index (χ4v) is 2.79. The number of aromatic carboxylic acids is 1. The number of benzene rings is 2. The predicted octanol–water partition coefficient (Wildman–Crippen LogP) is 4.45. The van der Waals surface area contributed by atoms with E-state index < -0.39 is 5.97 Å². The maximum atomic E-state index is 11.4. The molecule has 0 fully saturated rings. The van der Waals surface area contributed by atoms with Gasteiger partial charge in [0.25, 0.3) is 0 Å². The van der Waals surface area contributed by atoms with Crippen molar-refractivity contribution >= 4 is 33.7 Å². The summed E-state index contributed by atoms with van der Waals surface area (Å²) in [5.74, 6) is -0.586. The van der Waals surface area contributed by atoms with Gasteiger partial charge in [-0.2, -0.15) is 0 Å². The van der Waals surface area contributed by atoms with E-state index in [0.717, 1.165) is 10.0 Å². The lowest BCUT2D eigenvalue weighted by molar-refractivity contribution is 0.0687. The topological polar surface area (TPSA) is 46.5 Å². The van der Waals surface area contributed by atoms with E-state index in [1.165, 1.54) is 11.8 Å². The molecule has 0 unspecified atom stereocenters. The summed E-state index contributed by atoms with van der Waals surface area (Å²) in [6.07, 6.45) is 1.85. The molecule has 0 spiro atoms. The van der Waals surface area contributed by atoms with Crippen molar-refractivity contribution in [2.45, 2.75) is 11.5 Å². The van der Waals surface area contributed by atoms with Crippen LogP contribution in [0.15, 0.2) is 51.8 Å². The van der Waals surface area contributed by atoms with Crippen LogP contribution in [0.4, 0.5) is 0 Å². The largest absolute Gasteiger partial charge is 0.488 e. The molecule has 0 aromatic heterocycles. The summed E-state index contributed by atoms with van der Waals surface area (Å²) in [6, 6.07) is 13.0. The van der Waals surface area contributed by atoms with Crippen molar-refractivity contribution < 1.29 is 14.6 Å². The summed E-state index contributed by atoms with van der Waals surface area (Å²) in [4.78, 5) is 12.1. The maximum Gasteiger partial charge on any atom is 0.340 e. The third kappa shape index (κ3) is 3.35. The van der Waals surface area contributed by atoms with Gasteiger partial charge in [-0.15, -0.1) is 11.8 Å². The van der Waals surface area contributed by atoms with E-state index in [0.29, 0.717) is 17.3 Å². The van der Waals surface area contributed by atoms with Crippen molar-refractivity contribution in [3.05, 3.63) is 58.1 Å². The van der Waals surface area contributed by atoms with Gasteiger partial charge in [0.1, 0.15) is 17.9 Å². The van der Waals surface area contributed by atoms with Gasteiger partial charge in [0.2, 0.25) is 0 Å². The second-order valence-electron chi connectivity index (χ2n) is 4.02. The van der Waals surface area contributed by atoms with Crippen LogP contribution in [0.5, 0.6) is 5.75 Å². The molecule has 5 heteroatoms. The minimum atomic E-state index is -0.975. The lowest BCUT2D eigenvalue weighted by atomic mass is 10.2. The Kier molecular flexibility index (Phi) is 5.09. The third-order valence-corrected chi connectivity index (χ3v) is 4.32. The van der Waals surface area contributed by atoms with Crippen LogP contribution < -0.4 is 4.74 Å². The summed E-state index contributed by atoms with van der Waals surface area (Å²) in [7, 11) is 0. The van der Waals surface area contributed by atoms with E-state index in [2.05, 4.69) is 15.9 Å². The van der Waals surface area contributed by atoms with Gasteiger partial charge in [0.15, 0.2) is 0 Å². The monoisotopic (exact) mass is 352 g/mol. The van der Waals surface area contributed by atoms with Gasteiger partial charge in [0, 0.05) is 14.9 Å². The number of thioether (sulfide) groups is 1. The van der Waals surface area contributed by atoms with E-state index >= 15 is 0 Å². The molecule has 0 bridgehead atoms. The minimum Gasteiger partial charge on any atom is -0.488 e. The summed E-state index contributed by atoms with van der Waals surface area (Å²) in [6.45, 7) is 0.319. The number of hydrogen-bond donors (Lipinski definition) is 1. The Morgan fingerprint density at radius 2 is 2.00 bits per heavy atom. The molecule has 0 radical (unpaired) electrons. The number of carboxylic acids is 1. The van der Waals surface area contributed by atoms with Gasteiger partial charge in [-0.3, -0.25) is 0 Å². The number of carboxylic acid groups (broad SMARTS) is 1. The van der Waals surface area contributed by atoms with Crippen molar-refractivity contribution in [3.63, 3.8) is 0 Å². The molecule has 2 rings (SSSR count). The Labute approximate surface area is 130 Å². The van der Waals surface area contributed by atoms with Gasteiger partial charge in [-0.1, -0.05) is 40.2 Å². The average Bonchev–Trinajstić information content (AvgIpc) is 2.45. The molecular weight excluding hydrogens is 340 g/mol. The predicted molar refractivity (Wildman–Crippen MR) is 83.7 cm³/mol. The second-order valence-corrected chi connectivity index (χ2v) is 5.72. The first-order valence-electron chi connectivity index (χ1n) is 5.90. The second kappa shape index (κ2) is 6.81. The van der Waals surface area contributed by atoms with Gasteiger partial charge < -0.3 is 9.84 Å². The molecule has 0 saturated heterocycles. The highest BCUT2D eigenvalue weighted by Crippen LogP contribution is 2.30. The zero-order valence-electron chi connectivity index (χ0n) is 10.8. The fraction of sp³-hybridized carbons (Fsp3) is 0.133.